The molecule has 66 valence electrons. The first kappa shape index (κ1) is 10.1. The van der Waals surface area contributed by atoms with Crippen molar-refractivity contribution in [1.82, 2.24) is 0 Å². The van der Waals surface area contributed by atoms with Gasteiger partial charge in [0.05, 0.1) is 12.2 Å². The zero-order valence-corrected chi connectivity index (χ0v) is 7.37. The summed E-state index contributed by atoms with van der Waals surface area (Å²) in [4.78, 5) is 0. The van der Waals surface area contributed by atoms with E-state index in [2.05, 4.69) is 5.16 Å². The van der Waals surface area contributed by atoms with Gasteiger partial charge in [0.25, 0.3) is 0 Å². The van der Waals surface area contributed by atoms with Crippen molar-refractivity contribution in [1.29, 1.82) is 0 Å². The number of ether oxygens (including phenoxy) is 2. The molecule has 0 fully saturated rings. The fourth-order valence-corrected chi connectivity index (χ4v) is 0.478. The van der Waals surface area contributed by atoms with E-state index < -0.39 is 0 Å². The van der Waals surface area contributed by atoms with Gasteiger partial charge in [-0.3, -0.25) is 0 Å². The van der Waals surface area contributed by atoms with Gasteiger partial charge >= 0.3 is 6.08 Å². The number of oxime groups is 1. The third kappa shape index (κ3) is 5.51. The summed E-state index contributed by atoms with van der Waals surface area (Å²) >= 11 is 0. The van der Waals surface area contributed by atoms with E-state index in [0.717, 1.165) is 0 Å². The van der Waals surface area contributed by atoms with Gasteiger partial charge in [0, 0.05) is 0 Å². The fraction of sp³-hybridized carbons (Fsp3) is 0.857. The van der Waals surface area contributed by atoms with Crippen LogP contribution in [0.15, 0.2) is 5.16 Å². The van der Waals surface area contributed by atoms with E-state index in [0.29, 0.717) is 0 Å². The quantitative estimate of drug-likeness (QED) is 0.289. The van der Waals surface area contributed by atoms with Gasteiger partial charge in [-0.1, -0.05) is 0 Å². The molecule has 0 aromatic heterocycles. The molecular weight excluding hydrogens is 146 g/mol. The summed E-state index contributed by atoms with van der Waals surface area (Å²) in [6.07, 6.45) is -0.158. The van der Waals surface area contributed by atoms with Crippen LogP contribution in [0.5, 0.6) is 0 Å². The molecule has 0 radical (unpaired) electrons. The molecule has 0 spiro atoms. The summed E-state index contributed by atoms with van der Waals surface area (Å²) in [6, 6.07) is 0. The van der Waals surface area contributed by atoms with E-state index in [1.54, 1.807) is 0 Å². The molecule has 4 heteroatoms. The summed E-state index contributed by atoms with van der Waals surface area (Å²) in [5.41, 5.74) is 0. The van der Waals surface area contributed by atoms with E-state index >= 15 is 0 Å². The van der Waals surface area contributed by atoms with Crippen LogP contribution in [0.25, 0.3) is 0 Å². The molecule has 0 heterocycles. The largest absolute Gasteiger partial charge is 0.446 e. The standard InChI is InChI=1S/C7H15NO3/c1-5(2)10-7(8-9)11-6(3)4/h5-6,9H,1-4H3. The van der Waals surface area contributed by atoms with Crippen LogP contribution in [0, 0.1) is 0 Å². The average Bonchev–Trinajstić information content (AvgIpc) is 1.84. The molecule has 0 atom stereocenters. The second-order valence-electron chi connectivity index (χ2n) is 2.70. The molecule has 0 unspecified atom stereocenters. The van der Waals surface area contributed by atoms with Crippen LogP contribution < -0.4 is 0 Å². The maximum atomic E-state index is 8.36. The summed E-state index contributed by atoms with van der Waals surface area (Å²) in [7, 11) is 0. The van der Waals surface area contributed by atoms with Crippen LogP contribution in [0.3, 0.4) is 0 Å². The van der Waals surface area contributed by atoms with E-state index in [9.17, 15) is 0 Å². The van der Waals surface area contributed by atoms with Crippen LogP contribution in [0.1, 0.15) is 27.7 Å². The minimum absolute atomic E-state index is 0.0420. The highest BCUT2D eigenvalue weighted by molar-refractivity contribution is 5.66. The Morgan fingerprint density at radius 3 is 1.64 bits per heavy atom. The van der Waals surface area contributed by atoms with E-state index in [1.165, 1.54) is 0 Å². The van der Waals surface area contributed by atoms with Crippen LogP contribution >= 0.6 is 0 Å². The van der Waals surface area contributed by atoms with Gasteiger partial charge in [0.15, 0.2) is 0 Å². The number of nitrogens with zero attached hydrogens (tertiary/aromatic N) is 1. The van der Waals surface area contributed by atoms with Crippen molar-refractivity contribution in [3.8, 4) is 0 Å². The predicted molar refractivity (Wildman–Crippen MR) is 41.7 cm³/mol. The molecule has 0 aliphatic carbocycles. The molecule has 0 amide bonds. The lowest BCUT2D eigenvalue weighted by molar-refractivity contribution is 0.0846. The predicted octanol–water partition coefficient (Wildman–Crippen LogP) is 1.58. The number of hydrogen-bond acceptors (Lipinski definition) is 4. The lowest BCUT2D eigenvalue weighted by Crippen LogP contribution is -2.18. The highest BCUT2D eigenvalue weighted by atomic mass is 16.7. The molecule has 11 heavy (non-hydrogen) atoms. The fourth-order valence-electron chi connectivity index (χ4n) is 0.478. The molecule has 0 saturated heterocycles. The number of rotatable bonds is 2. The lowest BCUT2D eigenvalue weighted by atomic mass is 10.5. The van der Waals surface area contributed by atoms with Crippen molar-refractivity contribution in [2.45, 2.75) is 39.9 Å². The molecular formula is C7H15NO3. The van der Waals surface area contributed by atoms with Crippen LogP contribution in [0.2, 0.25) is 0 Å². The first-order chi connectivity index (χ1) is 5.06. The normalized spacial score (nSPS) is 10.0. The molecule has 0 aromatic carbocycles. The van der Waals surface area contributed by atoms with Crippen molar-refractivity contribution in [2.75, 3.05) is 0 Å². The zero-order chi connectivity index (χ0) is 8.85. The first-order valence-electron chi connectivity index (χ1n) is 3.61. The topological polar surface area (TPSA) is 51.0 Å². The molecule has 1 N–H and O–H groups in total. The van der Waals surface area contributed by atoms with Crippen molar-refractivity contribution >= 4 is 6.08 Å². The molecule has 0 bridgehead atoms. The lowest BCUT2D eigenvalue weighted by Gasteiger charge is -2.13. The smallest absolute Gasteiger partial charge is 0.422 e. The Hall–Kier alpha value is -0.930. The Bertz CT molecular complexity index is 120. The van der Waals surface area contributed by atoms with Crippen LogP contribution in [-0.4, -0.2) is 23.5 Å². The van der Waals surface area contributed by atoms with Crippen molar-refractivity contribution in [3.63, 3.8) is 0 Å². The zero-order valence-electron chi connectivity index (χ0n) is 7.37. The molecule has 0 aromatic rings. The highest BCUT2D eigenvalue weighted by Crippen LogP contribution is 1.96. The third-order valence-corrected chi connectivity index (χ3v) is 0.755. The van der Waals surface area contributed by atoms with Crippen molar-refractivity contribution < 1.29 is 14.7 Å². The maximum Gasteiger partial charge on any atom is 0.422 e. The summed E-state index contributed by atoms with van der Waals surface area (Å²) < 4.78 is 9.98. The van der Waals surface area contributed by atoms with Gasteiger partial charge in [-0.05, 0) is 32.9 Å². The SMILES string of the molecule is CC(C)OC(=NO)OC(C)C. The second-order valence-corrected chi connectivity index (χ2v) is 2.70. The van der Waals surface area contributed by atoms with Gasteiger partial charge in [0.1, 0.15) is 0 Å². The van der Waals surface area contributed by atoms with Crippen molar-refractivity contribution in [3.05, 3.63) is 0 Å². The Balaban J connectivity index is 3.79. The minimum Gasteiger partial charge on any atom is -0.446 e. The minimum atomic E-state index is -0.0741. The Labute approximate surface area is 66.8 Å². The van der Waals surface area contributed by atoms with Gasteiger partial charge in [-0.2, -0.15) is 0 Å². The second kappa shape index (κ2) is 4.82. The van der Waals surface area contributed by atoms with E-state index in [4.69, 9.17) is 14.7 Å². The third-order valence-electron chi connectivity index (χ3n) is 0.755. The van der Waals surface area contributed by atoms with Crippen LogP contribution in [0.4, 0.5) is 0 Å². The first-order valence-corrected chi connectivity index (χ1v) is 3.61. The van der Waals surface area contributed by atoms with E-state index in [-0.39, 0.29) is 18.3 Å². The Morgan fingerprint density at radius 1 is 1.09 bits per heavy atom. The Morgan fingerprint density at radius 2 is 1.45 bits per heavy atom. The summed E-state index contributed by atoms with van der Waals surface area (Å²) in [6.45, 7) is 7.31. The molecule has 4 nitrogen and oxygen atoms in total. The van der Waals surface area contributed by atoms with Gasteiger partial charge < -0.3 is 14.7 Å². The van der Waals surface area contributed by atoms with Crippen molar-refractivity contribution in [2.24, 2.45) is 5.16 Å². The molecule has 0 rings (SSSR count). The summed E-state index contributed by atoms with van der Waals surface area (Å²) in [5.74, 6) is 0. The monoisotopic (exact) mass is 161 g/mol. The maximum absolute atomic E-state index is 8.36. The van der Waals surface area contributed by atoms with E-state index in [1.807, 2.05) is 27.7 Å². The van der Waals surface area contributed by atoms with Gasteiger partial charge in [0.2, 0.25) is 0 Å². The Kier molecular flexibility index (Phi) is 4.41. The molecule has 0 aliphatic rings. The summed E-state index contributed by atoms with van der Waals surface area (Å²) in [5, 5.41) is 11.2. The average molecular weight is 161 g/mol. The number of hydrogen-bond donors (Lipinski definition) is 1. The van der Waals surface area contributed by atoms with Gasteiger partial charge in [-0.25, -0.2) is 0 Å². The van der Waals surface area contributed by atoms with Gasteiger partial charge in [-0.15, -0.1) is 0 Å². The highest BCUT2D eigenvalue weighted by Gasteiger charge is 2.06. The van der Waals surface area contributed by atoms with Crippen LogP contribution in [-0.2, 0) is 9.47 Å². The molecule has 0 aliphatic heterocycles. The molecule has 0 saturated carbocycles.